The molecule has 0 heterocycles. The van der Waals surface area contributed by atoms with Crippen molar-refractivity contribution >= 4 is 0 Å². The van der Waals surface area contributed by atoms with Gasteiger partial charge in [0.05, 0.1) is 14.2 Å². The molecule has 0 N–H and O–H groups in total. The number of hydrogen-bond donors (Lipinski definition) is 0. The highest BCUT2D eigenvalue weighted by molar-refractivity contribution is 4.82. The van der Waals surface area contributed by atoms with E-state index in [-0.39, 0.29) is 6.29 Å². The van der Waals surface area contributed by atoms with Gasteiger partial charge in [-0.05, 0) is 12.5 Å². The predicted molar refractivity (Wildman–Crippen MR) is 49.1 cm³/mol. The quantitative estimate of drug-likeness (QED) is 0.450. The van der Waals surface area contributed by atoms with Gasteiger partial charge in [0.15, 0.2) is 6.29 Å². The molecule has 0 bridgehead atoms. The van der Waals surface area contributed by atoms with Crippen LogP contribution in [0.5, 0.6) is 0 Å². The lowest BCUT2D eigenvalue weighted by molar-refractivity contribution is -0.105. The summed E-state index contributed by atoms with van der Waals surface area (Å²) in [5.74, 6) is 0.519. The van der Waals surface area contributed by atoms with Gasteiger partial charge < -0.3 is 18.9 Å². The summed E-state index contributed by atoms with van der Waals surface area (Å²) >= 11 is 0. The smallest absolute Gasteiger partial charge is 0.274 e. The lowest BCUT2D eigenvalue weighted by Crippen LogP contribution is -2.12. The monoisotopic (exact) mass is 190 g/mol. The fourth-order valence-corrected chi connectivity index (χ4v) is 0.919. The summed E-state index contributed by atoms with van der Waals surface area (Å²) in [5, 5.41) is 0. The van der Waals surface area contributed by atoms with E-state index in [9.17, 15) is 0 Å². The van der Waals surface area contributed by atoms with Crippen LogP contribution in [0.2, 0.25) is 0 Å². The van der Waals surface area contributed by atoms with Gasteiger partial charge in [-0.2, -0.15) is 0 Å². The molecule has 0 unspecified atom stereocenters. The van der Waals surface area contributed by atoms with Crippen molar-refractivity contribution in [2.75, 3.05) is 28.4 Å². The molecular weight excluding hydrogens is 172 g/mol. The third-order valence-electron chi connectivity index (χ3n) is 1.64. The minimum Gasteiger partial charge on any atom is -0.469 e. The highest BCUT2D eigenvalue weighted by Gasteiger charge is 2.03. The zero-order valence-electron chi connectivity index (χ0n) is 8.70. The van der Waals surface area contributed by atoms with Crippen LogP contribution in [-0.2, 0) is 18.9 Å². The van der Waals surface area contributed by atoms with E-state index in [0.717, 1.165) is 12.8 Å². The van der Waals surface area contributed by atoms with E-state index in [2.05, 4.69) is 0 Å². The van der Waals surface area contributed by atoms with Crippen molar-refractivity contribution in [1.82, 2.24) is 0 Å². The van der Waals surface area contributed by atoms with Gasteiger partial charge in [-0.3, -0.25) is 0 Å². The molecule has 0 aromatic heterocycles. The molecule has 78 valence electrons. The van der Waals surface area contributed by atoms with Gasteiger partial charge in [0.2, 0.25) is 0 Å². The predicted octanol–water partition coefficient (Wildman–Crippen LogP) is 1.52. The van der Waals surface area contributed by atoms with Gasteiger partial charge in [0.25, 0.3) is 5.95 Å². The second kappa shape index (κ2) is 7.89. The van der Waals surface area contributed by atoms with Gasteiger partial charge in [-0.15, -0.1) is 0 Å². The van der Waals surface area contributed by atoms with E-state index in [1.165, 1.54) is 0 Å². The zero-order chi connectivity index (χ0) is 10.1. The van der Waals surface area contributed by atoms with E-state index < -0.39 is 0 Å². The topological polar surface area (TPSA) is 36.9 Å². The van der Waals surface area contributed by atoms with Gasteiger partial charge in [-0.1, -0.05) is 0 Å². The normalized spacial score (nSPS) is 9.92. The van der Waals surface area contributed by atoms with E-state index in [1.807, 2.05) is 6.08 Å². The van der Waals surface area contributed by atoms with Crippen LogP contribution in [0.4, 0.5) is 0 Å². The number of allylic oxidation sites excluding steroid dienone is 1. The largest absolute Gasteiger partial charge is 0.469 e. The molecule has 0 amide bonds. The van der Waals surface area contributed by atoms with Crippen LogP contribution >= 0.6 is 0 Å². The number of ether oxygens (including phenoxy) is 4. The molecular formula is C9H18O4. The second-order valence-electron chi connectivity index (χ2n) is 2.41. The van der Waals surface area contributed by atoms with Crippen LogP contribution in [0.3, 0.4) is 0 Å². The lowest BCUT2D eigenvalue weighted by Gasteiger charge is -2.11. The van der Waals surface area contributed by atoms with Gasteiger partial charge in [0, 0.05) is 20.6 Å². The molecule has 0 spiro atoms. The third-order valence-corrected chi connectivity index (χ3v) is 1.64. The highest BCUT2D eigenvalue weighted by Crippen LogP contribution is 2.05. The zero-order valence-corrected chi connectivity index (χ0v) is 8.70. The first-order valence-electron chi connectivity index (χ1n) is 4.12. The van der Waals surface area contributed by atoms with Crippen molar-refractivity contribution in [3.8, 4) is 0 Å². The maximum atomic E-state index is 5.02. The molecule has 0 fully saturated rings. The Morgan fingerprint density at radius 1 is 1.08 bits per heavy atom. The van der Waals surface area contributed by atoms with Crippen LogP contribution in [0, 0.1) is 0 Å². The van der Waals surface area contributed by atoms with Crippen molar-refractivity contribution in [2.45, 2.75) is 19.1 Å². The Bertz CT molecular complexity index is 135. The Morgan fingerprint density at radius 2 is 1.62 bits per heavy atom. The molecule has 0 atom stereocenters. The summed E-state index contributed by atoms with van der Waals surface area (Å²) in [6, 6.07) is 0. The molecule has 0 aromatic rings. The third kappa shape index (κ3) is 5.49. The first-order chi connectivity index (χ1) is 6.28. The lowest BCUT2D eigenvalue weighted by atomic mass is 10.3. The minimum atomic E-state index is -0.161. The van der Waals surface area contributed by atoms with Crippen LogP contribution in [-0.4, -0.2) is 34.7 Å². The minimum absolute atomic E-state index is 0.161. The average Bonchev–Trinajstić information content (AvgIpc) is 2.19. The first kappa shape index (κ1) is 12.3. The van der Waals surface area contributed by atoms with Crippen LogP contribution in [0.15, 0.2) is 12.0 Å². The van der Waals surface area contributed by atoms with Crippen LogP contribution < -0.4 is 0 Å². The van der Waals surface area contributed by atoms with Gasteiger partial charge in [0.1, 0.15) is 0 Å². The second-order valence-corrected chi connectivity index (χ2v) is 2.41. The summed E-state index contributed by atoms with van der Waals surface area (Å²) in [7, 11) is 6.37. The molecule has 4 nitrogen and oxygen atoms in total. The molecule has 0 aromatic carbocycles. The van der Waals surface area contributed by atoms with E-state index in [0.29, 0.717) is 5.95 Å². The Hall–Kier alpha value is -0.740. The molecule has 0 aliphatic rings. The molecule has 0 rings (SSSR count). The molecule has 0 saturated carbocycles. The molecule has 13 heavy (non-hydrogen) atoms. The highest BCUT2D eigenvalue weighted by atomic mass is 16.7. The van der Waals surface area contributed by atoms with Crippen molar-refractivity contribution in [1.29, 1.82) is 0 Å². The summed E-state index contributed by atoms with van der Waals surface area (Å²) in [6.07, 6.45) is 3.27. The Kier molecular flexibility index (Phi) is 7.44. The fraction of sp³-hybridized carbons (Fsp3) is 0.778. The SMILES string of the molecule is COC(=CCCC(OC)OC)OC. The Morgan fingerprint density at radius 3 is 2.00 bits per heavy atom. The maximum Gasteiger partial charge on any atom is 0.274 e. The maximum absolute atomic E-state index is 5.02. The van der Waals surface area contributed by atoms with Crippen LogP contribution in [0.1, 0.15) is 12.8 Å². The van der Waals surface area contributed by atoms with E-state index in [1.54, 1.807) is 28.4 Å². The van der Waals surface area contributed by atoms with E-state index >= 15 is 0 Å². The van der Waals surface area contributed by atoms with Crippen molar-refractivity contribution in [3.05, 3.63) is 12.0 Å². The molecule has 0 aliphatic carbocycles. The molecule has 0 aliphatic heterocycles. The van der Waals surface area contributed by atoms with Crippen molar-refractivity contribution < 1.29 is 18.9 Å². The molecule has 4 heteroatoms. The molecule has 0 saturated heterocycles. The fourth-order valence-electron chi connectivity index (χ4n) is 0.919. The summed E-state index contributed by atoms with van der Waals surface area (Å²) < 4.78 is 19.8. The van der Waals surface area contributed by atoms with Crippen molar-refractivity contribution in [2.24, 2.45) is 0 Å². The first-order valence-corrected chi connectivity index (χ1v) is 4.12. The number of methoxy groups -OCH3 is 4. The Labute approximate surface area is 79.4 Å². The average molecular weight is 190 g/mol. The number of rotatable bonds is 7. The van der Waals surface area contributed by atoms with Crippen molar-refractivity contribution in [3.63, 3.8) is 0 Å². The van der Waals surface area contributed by atoms with Gasteiger partial charge >= 0.3 is 0 Å². The number of hydrogen-bond acceptors (Lipinski definition) is 4. The van der Waals surface area contributed by atoms with Crippen LogP contribution in [0.25, 0.3) is 0 Å². The Balaban J connectivity index is 3.68. The summed E-state index contributed by atoms with van der Waals surface area (Å²) in [6.45, 7) is 0. The van der Waals surface area contributed by atoms with E-state index in [4.69, 9.17) is 18.9 Å². The molecule has 0 radical (unpaired) electrons. The van der Waals surface area contributed by atoms with Gasteiger partial charge in [-0.25, -0.2) is 0 Å². The summed E-state index contributed by atoms with van der Waals surface area (Å²) in [5.41, 5.74) is 0. The summed E-state index contributed by atoms with van der Waals surface area (Å²) in [4.78, 5) is 0. The standard InChI is InChI=1S/C9H18O4/c1-10-8(11-2)6-5-7-9(12-3)13-4/h6,9H,5,7H2,1-4H3.